The molecule has 2 aromatic heterocycles. The first-order chi connectivity index (χ1) is 24.3. The molecule has 5 nitrogen and oxygen atoms in total. The van der Waals surface area contributed by atoms with Crippen LogP contribution in [0.5, 0.6) is 5.75 Å². The molecule has 8 rings (SSSR count). The SMILES string of the molecule is CCc1ccccc1C#Cn1c2c(c3cc(C)ccc31)CN(C)CC2.COc1cccc(C#Cn2c3c(c4cc(C)ccc42)CN(C)CC3)c1. The number of rotatable bonds is 2. The molecular weight excluding hydrogens is 613 g/mol. The van der Waals surface area contributed by atoms with Crippen molar-refractivity contribution >= 4 is 21.8 Å². The minimum atomic E-state index is 0.837. The van der Waals surface area contributed by atoms with Gasteiger partial charge in [-0.05, 0) is 111 Å². The van der Waals surface area contributed by atoms with Crippen molar-refractivity contribution in [3.05, 3.63) is 135 Å². The number of hydrogen-bond acceptors (Lipinski definition) is 3. The topological polar surface area (TPSA) is 25.6 Å². The molecule has 0 saturated heterocycles. The average Bonchev–Trinajstić information content (AvgIpc) is 3.60. The second-order valence-electron chi connectivity index (χ2n) is 13.8. The Bertz CT molecular complexity index is 2330. The zero-order valence-corrected chi connectivity index (χ0v) is 30.2. The molecule has 6 aromatic rings. The van der Waals surface area contributed by atoms with E-state index in [0.717, 1.165) is 62.3 Å². The lowest BCUT2D eigenvalue weighted by Crippen LogP contribution is -2.27. The molecule has 0 bridgehead atoms. The van der Waals surface area contributed by atoms with Gasteiger partial charge in [0.25, 0.3) is 0 Å². The van der Waals surface area contributed by atoms with Crippen molar-refractivity contribution in [1.29, 1.82) is 0 Å². The fraction of sp³-hybridized carbons (Fsp3) is 0.289. The van der Waals surface area contributed by atoms with Crippen LogP contribution in [0.3, 0.4) is 0 Å². The molecular formula is C45H46N4O. The third-order valence-electron chi connectivity index (χ3n) is 10.1. The van der Waals surface area contributed by atoms with E-state index in [0.29, 0.717) is 0 Å². The number of likely N-dealkylation sites (N-methyl/N-ethyl adjacent to an activating group) is 2. The Hall–Kier alpha value is -5.20. The van der Waals surface area contributed by atoms with Gasteiger partial charge in [0.05, 0.1) is 18.1 Å². The number of aryl methyl sites for hydroxylation is 3. The molecule has 0 aliphatic carbocycles. The molecule has 0 unspecified atom stereocenters. The monoisotopic (exact) mass is 658 g/mol. The van der Waals surface area contributed by atoms with E-state index in [-0.39, 0.29) is 0 Å². The van der Waals surface area contributed by atoms with E-state index >= 15 is 0 Å². The summed E-state index contributed by atoms with van der Waals surface area (Å²) in [4.78, 5) is 4.78. The third kappa shape index (κ3) is 6.68. The maximum absolute atomic E-state index is 5.30. The summed E-state index contributed by atoms with van der Waals surface area (Å²) in [6.07, 6.45) is 3.11. The van der Waals surface area contributed by atoms with Gasteiger partial charge in [-0.3, -0.25) is 9.13 Å². The van der Waals surface area contributed by atoms with Crippen LogP contribution in [-0.4, -0.2) is 53.2 Å². The van der Waals surface area contributed by atoms with Crippen LogP contribution >= 0.6 is 0 Å². The fourth-order valence-corrected chi connectivity index (χ4v) is 7.36. The maximum atomic E-state index is 5.30. The van der Waals surface area contributed by atoms with Gasteiger partial charge in [-0.25, -0.2) is 0 Å². The highest BCUT2D eigenvalue weighted by atomic mass is 16.5. The number of methoxy groups -OCH3 is 1. The van der Waals surface area contributed by atoms with Gasteiger partial charge in [-0.1, -0.05) is 54.4 Å². The van der Waals surface area contributed by atoms with Crippen molar-refractivity contribution in [1.82, 2.24) is 18.9 Å². The predicted octanol–water partition coefficient (Wildman–Crippen LogP) is 8.16. The van der Waals surface area contributed by atoms with Crippen molar-refractivity contribution in [2.24, 2.45) is 0 Å². The number of ether oxygens (including phenoxy) is 1. The third-order valence-corrected chi connectivity index (χ3v) is 10.1. The number of fused-ring (bicyclic) bond motifs is 6. The van der Waals surface area contributed by atoms with Crippen molar-refractivity contribution < 1.29 is 4.74 Å². The van der Waals surface area contributed by atoms with Gasteiger partial charge in [0.15, 0.2) is 0 Å². The van der Waals surface area contributed by atoms with Gasteiger partial charge in [0, 0.05) is 84.4 Å². The molecule has 0 amide bonds. The van der Waals surface area contributed by atoms with Gasteiger partial charge in [-0.15, -0.1) is 0 Å². The zero-order chi connectivity index (χ0) is 34.8. The van der Waals surface area contributed by atoms with E-state index in [4.69, 9.17) is 4.74 Å². The van der Waals surface area contributed by atoms with Gasteiger partial charge < -0.3 is 14.5 Å². The van der Waals surface area contributed by atoms with Crippen LogP contribution in [0.4, 0.5) is 0 Å². The smallest absolute Gasteiger partial charge is 0.120 e. The van der Waals surface area contributed by atoms with Gasteiger partial charge in [0.1, 0.15) is 5.75 Å². The molecule has 0 saturated carbocycles. The van der Waals surface area contributed by atoms with Crippen LogP contribution < -0.4 is 4.74 Å². The van der Waals surface area contributed by atoms with Crippen molar-refractivity contribution in [3.63, 3.8) is 0 Å². The van der Waals surface area contributed by atoms with Gasteiger partial charge >= 0.3 is 0 Å². The summed E-state index contributed by atoms with van der Waals surface area (Å²) >= 11 is 0. The lowest BCUT2D eigenvalue weighted by atomic mass is 10.0. The van der Waals surface area contributed by atoms with E-state index < -0.39 is 0 Å². The molecule has 252 valence electrons. The molecule has 2 aliphatic heterocycles. The van der Waals surface area contributed by atoms with Crippen molar-refractivity contribution in [2.45, 2.75) is 53.1 Å². The molecule has 5 heteroatoms. The first-order valence-electron chi connectivity index (χ1n) is 17.7. The number of aromatic nitrogens is 2. The van der Waals surface area contributed by atoms with E-state index in [1.165, 1.54) is 61.0 Å². The van der Waals surface area contributed by atoms with Gasteiger partial charge in [0.2, 0.25) is 0 Å². The summed E-state index contributed by atoms with van der Waals surface area (Å²) < 4.78 is 9.73. The van der Waals surface area contributed by atoms with Crippen molar-refractivity contribution in [2.75, 3.05) is 34.3 Å². The summed E-state index contributed by atoms with van der Waals surface area (Å²) in [6.45, 7) is 10.7. The highest BCUT2D eigenvalue weighted by Crippen LogP contribution is 2.32. The molecule has 0 fully saturated rings. The summed E-state index contributed by atoms with van der Waals surface area (Å²) in [7, 11) is 6.07. The Morgan fingerprint density at radius 3 is 1.82 bits per heavy atom. The second kappa shape index (κ2) is 14.3. The summed E-state index contributed by atoms with van der Waals surface area (Å²) in [5.74, 6) is 7.58. The van der Waals surface area contributed by atoms with E-state index in [1.807, 2.05) is 24.3 Å². The molecule has 50 heavy (non-hydrogen) atoms. The molecule has 4 aromatic carbocycles. The highest BCUT2D eigenvalue weighted by molar-refractivity contribution is 5.88. The number of hydrogen-bond donors (Lipinski definition) is 0. The minimum Gasteiger partial charge on any atom is -0.497 e. The average molecular weight is 659 g/mol. The molecule has 0 N–H and O–H groups in total. The van der Waals surface area contributed by atoms with Crippen LogP contribution in [-0.2, 0) is 32.4 Å². The summed E-state index contributed by atoms with van der Waals surface area (Å²) in [6, 6.07) is 36.6. The molecule has 2 aliphatic rings. The van der Waals surface area contributed by atoms with Crippen LogP contribution in [0.15, 0.2) is 84.9 Å². The number of nitrogens with zero attached hydrogens (tertiary/aromatic N) is 4. The lowest BCUT2D eigenvalue weighted by molar-refractivity contribution is 0.311. The summed E-state index contributed by atoms with van der Waals surface area (Å²) in [5, 5.41) is 2.70. The first-order valence-corrected chi connectivity index (χ1v) is 17.7. The van der Waals surface area contributed by atoms with E-state index in [2.05, 4.69) is 138 Å². The zero-order valence-electron chi connectivity index (χ0n) is 30.2. The highest BCUT2D eigenvalue weighted by Gasteiger charge is 2.23. The standard InChI is InChI=1S/C23H24N2.C22H22N2O/c1-4-18-7-5-6-8-19(18)11-14-25-22-10-9-17(2)15-20(22)21-16-24(3)13-12-23(21)25;1-16-7-8-21-19(13-16)20-15-23(2)11-10-22(20)24(21)12-9-17-5-4-6-18(14-17)25-3/h5-10,15H,4,12-13,16H2,1-3H3;4-8,13-14H,10-11,15H2,1-3H3. The second-order valence-corrected chi connectivity index (χ2v) is 13.8. The first kappa shape index (κ1) is 33.3. The predicted molar refractivity (Wildman–Crippen MR) is 207 cm³/mol. The largest absolute Gasteiger partial charge is 0.497 e. The Morgan fingerprint density at radius 2 is 1.24 bits per heavy atom. The minimum absolute atomic E-state index is 0.837. The fourth-order valence-electron chi connectivity index (χ4n) is 7.36. The Morgan fingerprint density at radius 1 is 0.660 bits per heavy atom. The Balaban J connectivity index is 0.000000157. The molecule has 0 radical (unpaired) electrons. The van der Waals surface area contributed by atoms with Crippen LogP contribution in [0.25, 0.3) is 21.8 Å². The van der Waals surface area contributed by atoms with Crippen LogP contribution in [0.1, 0.15) is 57.3 Å². The van der Waals surface area contributed by atoms with E-state index in [1.54, 1.807) is 7.11 Å². The molecule has 4 heterocycles. The molecule has 0 atom stereocenters. The normalized spacial score (nSPS) is 14.1. The van der Waals surface area contributed by atoms with Crippen LogP contribution in [0, 0.1) is 37.8 Å². The Kier molecular flexibility index (Phi) is 9.55. The maximum Gasteiger partial charge on any atom is 0.120 e. The lowest BCUT2D eigenvalue weighted by Gasteiger charge is -2.23. The summed E-state index contributed by atoms with van der Waals surface area (Å²) in [5.41, 5.74) is 14.1. The molecule has 0 spiro atoms. The van der Waals surface area contributed by atoms with Gasteiger partial charge in [-0.2, -0.15) is 0 Å². The van der Waals surface area contributed by atoms with E-state index in [9.17, 15) is 0 Å². The Labute approximate surface area is 297 Å². The van der Waals surface area contributed by atoms with Crippen molar-refractivity contribution in [3.8, 4) is 29.7 Å². The van der Waals surface area contributed by atoms with Crippen LogP contribution in [0.2, 0.25) is 0 Å². The number of benzene rings is 4. The quantitative estimate of drug-likeness (QED) is 0.176.